The van der Waals surface area contributed by atoms with E-state index in [0.717, 1.165) is 0 Å². The first kappa shape index (κ1) is 16.4. The van der Waals surface area contributed by atoms with Crippen LogP contribution in [0.4, 0.5) is 0 Å². The molecule has 23 heavy (non-hydrogen) atoms. The van der Waals surface area contributed by atoms with Gasteiger partial charge >= 0.3 is 5.97 Å². The molecule has 0 fully saturated rings. The Morgan fingerprint density at radius 2 is 1.96 bits per heavy atom. The average molecular weight is 319 g/mol. The lowest BCUT2D eigenvalue weighted by molar-refractivity contribution is -0.138. The topological polar surface area (TPSA) is 78.2 Å². The SMILES string of the molecule is COC(=O)/C(=C/N(C)C)Oc1cc2occc(=O)c2cc1OC. The van der Waals surface area contributed by atoms with E-state index in [-0.39, 0.29) is 16.9 Å². The van der Waals surface area contributed by atoms with Crippen molar-refractivity contribution in [2.45, 2.75) is 0 Å². The van der Waals surface area contributed by atoms with Crippen molar-refractivity contribution in [3.63, 3.8) is 0 Å². The van der Waals surface area contributed by atoms with E-state index < -0.39 is 5.97 Å². The lowest BCUT2D eigenvalue weighted by Crippen LogP contribution is -2.15. The van der Waals surface area contributed by atoms with Crippen molar-refractivity contribution in [1.82, 2.24) is 4.90 Å². The number of carbonyl (C=O) groups excluding carboxylic acids is 1. The molecule has 1 aromatic heterocycles. The number of ether oxygens (including phenoxy) is 3. The first-order valence-corrected chi connectivity index (χ1v) is 6.70. The van der Waals surface area contributed by atoms with E-state index in [4.69, 9.17) is 18.6 Å². The number of hydrogen-bond acceptors (Lipinski definition) is 7. The summed E-state index contributed by atoms with van der Waals surface area (Å²) in [4.78, 5) is 25.3. The van der Waals surface area contributed by atoms with Crippen LogP contribution in [-0.4, -0.2) is 39.2 Å². The van der Waals surface area contributed by atoms with Gasteiger partial charge in [0.15, 0.2) is 16.9 Å². The van der Waals surface area contributed by atoms with Crippen molar-refractivity contribution < 1.29 is 23.4 Å². The second-order valence-electron chi connectivity index (χ2n) is 4.83. The van der Waals surface area contributed by atoms with Gasteiger partial charge in [0.25, 0.3) is 0 Å². The zero-order chi connectivity index (χ0) is 17.0. The van der Waals surface area contributed by atoms with E-state index in [2.05, 4.69) is 0 Å². The molecule has 0 radical (unpaired) electrons. The first-order chi connectivity index (χ1) is 11.0. The number of benzene rings is 1. The summed E-state index contributed by atoms with van der Waals surface area (Å²) in [6.07, 6.45) is 2.76. The molecular weight excluding hydrogens is 302 g/mol. The molecule has 122 valence electrons. The fraction of sp³-hybridized carbons (Fsp3) is 0.250. The molecule has 7 heteroatoms. The van der Waals surface area contributed by atoms with Gasteiger partial charge in [0.05, 0.1) is 25.9 Å². The average Bonchev–Trinajstić information content (AvgIpc) is 2.52. The second kappa shape index (κ2) is 6.87. The van der Waals surface area contributed by atoms with E-state index in [9.17, 15) is 9.59 Å². The van der Waals surface area contributed by atoms with Crippen LogP contribution in [0, 0.1) is 0 Å². The highest BCUT2D eigenvalue weighted by atomic mass is 16.6. The van der Waals surface area contributed by atoms with Gasteiger partial charge in [-0.05, 0) is 6.07 Å². The molecule has 0 spiro atoms. The Labute approximate surface area is 132 Å². The summed E-state index contributed by atoms with van der Waals surface area (Å²) in [6, 6.07) is 4.30. The number of esters is 1. The summed E-state index contributed by atoms with van der Waals surface area (Å²) in [5, 5.41) is 0.355. The highest BCUT2D eigenvalue weighted by Crippen LogP contribution is 2.32. The van der Waals surface area contributed by atoms with E-state index in [0.29, 0.717) is 16.7 Å². The van der Waals surface area contributed by atoms with Crippen molar-refractivity contribution in [2.75, 3.05) is 28.3 Å². The fourth-order valence-electron chi connectivity index (χ4n) is 1.90. The molecule has 0 N–H and O–H groups in total. The van der Waals surface area contributed by atoms with Crippen LogP contribution in [0.2, 0.25) is 0 Å². The Morgan fingerprint density at radius 1 is 1.22 bits per heavy atom. The molecule has 0 unspecified atom stereocenters. The van der Waals surface area contributed by atoms with Crippen LogP contribution in [0.3, 0.4) is 0 Å². The van der Waals surface area contributed by atoms with Crippen LogP contribution < -0.4 is 14.9 Å². The van der Waals surface area contributed by atoms with Crippen molar-refractivity contribution in [3.8, 4) is 11.5 Å². The normalized spacial score (nSPS) is 11.2. The highest BCUT2D eigenvalue weighted by Gasteiger charge is 2.17. The number of fused-ring (bicyclic) bond motifs is 1. The van der Waals surface area contributed by atoms with Gasteiger partial charge < -0.3 is 23.5 Å². The molecule has 1 heterocycles. The molecule has 7 nitrogen and oxygen atoms in total. The summed E-state index contributed by atoms with van der Waals surface area (Å²) in [5.74, 6) is -0.152. The molecule has 0 aliphatic rings. The number of methoxy groups -OCH3 is 2. The molecule has 0 bridgehead atoms. The molecule has 1 aromatic carbocycles. The number of hydrogen-bond donors (Lipinski definition) is 0. The largest absolute Gasteiger partial charge is 0.493 e. The molecule has 0 aliphatic carbocycles. The molecule has 0 saturated heterocycles. The van der Waals surface area contributed by atoms with Crippen molar-refractivity contribution in [2.24, 2.45) is 0 Å². The lowest BCUT2D eigenvalue weighted by atomic mass is 10.2. The van der Waals surface area contributed by atoms with Crippen LogP contribution in [0.15, 0.2) is 45.6 Å². The predicted octanol–water partition coefficient (Wildman–Crippen LogP) is 1.76. The summed E-state index contributed by atoms with van der Waals surface area (Å²) < 4.78 is 20.8. The zero-order valence-electron chi connectivity index (χ0n) is 13.3. The van der Waals surface area contributed by atoms with E-state index >= 15 is 0 Å². The maximum Gasteiger partial charge on any atom is 0.375 e. The van der Waals surface area contributed by atoms with Crippen LogP contribution in [0.5, 0.6) is 11.5 Å². The van der Waals surface area contributed by atoms with Gasteiger partial charge in [-0.15, -0.1) is 0 Å². The van der Waals surface area contributed by atoms with E-state index in [1.165, 1.54) is 44.9 Å². The number of nitrogens with zero attached hydrogens (tertiary/aromatic N) is 1. The zero-order valence-corrected chi connectivity index (χ0v) is 13.3. The summed E-state index contributed by atoms with van der Waals surface area (Å²) in [7, 11) is 6.17. The first-order valence-electron chi connectivity index (χ1n) is 6.70. The van der Waals surface area contributed by atoms with Gasteiger partial charge in [-0.25, -0.2) is 4.79 Å². The molecule has 0 aliphatic heterocycles. The highest BCUT2D eigenvalue weighted by molar-refractivity contribution is 5.87. The van der Waals surface area contributed by atoms with Gasteiger partial charge in [-0.1, -0.05) is 0 Å². The molecule has 0 saturated carbocycles. The van der Waals surface area contributed by atoms with Crippen LogP contribution in [-0.2, 0) is 9.53 Å². The van der Waals surface area contributed by atoms with Gasteiger partial charge in [-0.2, -0.15) is 0 Å². The second-order valence-corrected chi connectivity index (χ2v) is 4.83. The maximum atomic E-state index is 11.8. The van der Waals surface area contributed by atoms with Crippen molar-refractivity contribution >= 4 is 16.9 Å². The minimum absolute atomic E-state index is 0.0339. The molecule has 0 atom stereocenters. The monoisotopic (exact) mass is 319 g/mol. The Kier molecular flexibility index (Phi) is 4.90. The Morgan fingerprint density at radius 3 is 2.57 bits per heavy atom. The summed E-state index contributed by atoms with van der Waals surface area (Å²) in [5.41, 5.74) is 0.121. The summed E-state index contributed by atoms with van der Waals surface area (Å²) in [6.45, 7) is 0. The van der Waals surface area contributed by atoms with Crippen LogP contribution in [0.25, 0.3) is 11.0 Å². The lowest BCUT2D eigenvalue weighted by Gasteiger charge is -2.14. The predicted molar refractivity (Wildman–Crippen MR) is 83.5 cm³/mol. The third-order valence-electron chi connectivity index (χ3n) is 2.93. The number of carbonyl (C=O) groups is 1. The minimum atomic E-state index is -0.643. The summed E-state index contributed by atoms with van der Waals surface area (Å²) >= 11 is 0. The van der Waals surface area contributed by atoms with E-state index in [1.807, 2.05) is 0 Å². The van der Waals surface area contributed by atoms with Gasteiger partial charge in [0.1, 0.15) is 5.58 Å². The Hall–Kier alpha value is -2.96. The smallest absolute Gasteiger partial charge is 0.375 e. The van der Waals surface area contributed by atoms with Crippen LogP contribution >= 0.6 is 0 Å². The van der Waals surface area contributed by atoms with Gasteiger partial charge in [0.2, 0.25) is 5.76 Å². The molecular formula is C16H17NO6. The molecule has 2 aromatic rings. The van der Waals surface area contributed by atoms with Crippen molar-refractivity contribution in [3.05, 3.63) is 46.6 Å². The number of rotatable bonds is 5. The third kappa shape index (κ3) is 3.63. The fourth-order valence-corrected chi connectivity index (χ4v) is 1.90. The third-order valence-corrected chi connectivity index (χ3v) is 2.93. The molecule has 2 rings (SSSR count). The maximum absolute atomic E-state index is 11.8. The van der Waals surface area contributed by atoms with E-state index in [1.54, 1.807) is 19.0 Å². The van der Waals surface area contributed by atoms with Gasteiger partial charge in [0, 0.05) is 32.4 Å². The standard InChI is InChI=1S/C16H17NO6/c1-17(2)9-15(16(19)21-4)23-14-8-12-10(7-13(14)20-3)11(18)5-6-22-12/h5-9H,1-4H3/b15-9-. The molecule has 0 amide bonds. The Bertz CT molecular complexity index is 806. The quantitative estimate of drug-likeness (QED) is 0.472. The van der Waals surface area contributed by atoms with Gasteiger partial charge in [-0.3, -0.25) is 4.79 Å². The Balaban J connectivity index is 2.53. The van der Waals surface area contributed by atoms with Crippen LogP contribution in [0.1, 0.15) is 0 Å². The van der Waals surface area contributed by atoms with Crippen molar-refractivity contribution in [1.29, 1.82) is 0 Å². The minimum Gasteiger partial charge on any atom is -0.493 e.